The number of aryl methyl sites for hydroxylation is 1. The Balaban J connectivity index is 1.36. The summed E-state index contributed by atoms with van der Waals surface area (Å²) in [5.41, 5.74) is 4.22. The zero-order valence-corrected chi connectivity index (χ0v) is 17.7. The summed E-state index contributed by atoms with van der Waals surface area (Å²) in [7, 11) is 0. The van der Waals surface area contributed by atoms with E-state index >= 15 is 0 Å². The van der Waals surface area contributed by atoms with Gasteiger partial charge in [-0.1, -0.05) is 18.2 Å². The van der Waals surface area contributed by atoms with Crippen LogP contribution in [0, 0.1) is 6.92 Å². The molecule has 4 N–H and O–H groups in total. The lowest BCUT2D eigenvalue weighted by atomic mass is 10.0. The number of aliphatic hydroxyl groups is 1. The minimum atomic E-state index is -0.876. The van der Waals surface area contributed by atoms with Gasteiger partial charge in [0, 0.05) is 34.4 Å². The smallest absolute Gasteiger partial charge is 0.223 e. The summed E-state index contributed by atoms with van der Waals surface area (Å²) in [4.78, 5) is 21.2. The van der Waals surface area contributed by atoms with Gasteiger partial charge in [-0.15, -0.1) is 0 Å². The molecular weight excluding hydrogens is 404 g/mol. The van der Waals surface area contributed by atoms with Gasteiger partial charge in [-0.05, 0) is 49.6 Å². The van der Waals surface area contributed by atoms with Gasteiger partial charge in [0.05, 0.1) is 24.2 Å². The van der Waals surface area contributed by atoms with Crippen LogP contribution in [-0.4, -0.2) is 37.2 Å². The van der Waals surface area contributed by atoms with E-state index in [1.807, 2.05) is 49.4 Å². The molecule has 2 aromatic carbocycles. The zero-order chi connectivity index (χ0) is 22.1. The number of amides is 1. The fourth-order valence-corrected chi connectivity index (χ4v) is 3.56. The second-order valence-corrected chi connectivity index (χ2v) is 8.21. The number of benzene rings is 2. The van der Waals surface area contributed by atoms with Crippen LogP contribution < -0.4 is 10.6 Å². The highest BCUT2D eigenvalue weighted by Gasteiger charge is 2.24. The van der Waals surface area contributed by atoms with Crippen molar-refractivity contribution in [2.45, 2.75) is 38.3 Å². The van der Waals surface area contributed by atoms with Crippen LogP contribution in [0.5, 0.6) is 0 Å². The van der Waals surface area contributed by atoms with Crippen LogP contribution in [0.3, 0.4) is 0 Å². The summed E-state index contributed by atoms with van der Waals surface area (Å²) in [6.07, 6.45) is 4.76. The van der Waals surface area contributed by atoms with Crippen LogP contribution in [0.2, 0.25) is 0 Å². The third kappa shape index (κ3) is 4.45. The molecule has 4 aromatic rings. The maximum Gasteiger partial charge on any atom is 0.223 e. The largest absolute Gasteiger partial charge is 0.388 e. The highest BCUT2D eigenvalue weighted by molar-refractivity contribution is 5.83. The van der Waals surface area contributed by atoms with Crippen LogP contribution in [0.25, 0.3) is 22.3 Å². The summed E-state index contributed by atoms with van der Waals surface area (Å²) in [6, 6.07) is 13.6. The third-order valence-corrected chi connectivity index (χ3v) is 5.53. The van der Waals surface area contributed by atoms with E-state index in [1.54, 1.807) is 12.4 Å². The molecular formula is C24H24N6O2. The molecule has 0 bridgehead atoms. The van der Waals surface area contributed by atoms with E-state index in [2.05, 4.69) is 25.8 Å². The van der Waals surface area contributed by atoms with Gasteiger partial charge in [0.25, 0.3) is 0 Å². The van der Waals surface area contributed by atoms with Crippen molar-refractivity contribution >= 4 is 28.3 Å². The van der Waals surface area contributed by atoms with Crippen molar-refractivity contribution in [2.75, 3.05) is 5.32 Å². The van der Waals surface area contributed by atoms with Crippen molar-refractivity contribution < 1.29 is 9.90 Å². The highest BCUT2D eigenvalue weighted by atomic mass is 16.3. The van der Waals surface area contributed by atoms with Gasteiger partial charge < -0.3 is 15.7 Å². The number of hydrogen-bond acceptors (Lipinski definition) is 6. The Morgan fingerprint density at radius 2 is 2.09 bits per heavy atom. The molecule has 1 fully saturated rings. The van der Waals surface area contributed by atoms with Crippen molar-refractivity contribution in [1.29, 1.82) is 0 Å². The molecule has 2 heterocycles. The monoisotopic (exact) mass is 428 g/mol. The van der Waals surface area contributed by atoms with Crippen LogP contribution in [-0.2, 0) is 4.79 Å². The second kappa shape index (κ2) is 8.39. The standard InChI is InChI=1S/C24H24N6O2/c1-14-12-25-24(29-23(14)28-19-7-8-20-17(10-19)13-26-30-20)16-4-2-3-15(9-16)21(31)11-22(32)27-18-5-6-18/h2-4,7-10,12-13,18,21,31H,5-6,11H2,1H3,(H,26,30)(H,27,32)(H,25,28,29). The van der Waals surface area contributed by atoms with Gasteiger partial charge in [0.1, 0.15) is 5.82 Å². The number of hydrogen-bond donors (Lipinski definition) is 4. The predicted octanol–water partition coefficient (Wildman–Crippen LogP) is 3.77. The Hall–Kier alpha value is -3.78. The lowest BCUT2D eigenvalue weighted by Gasteiger charge is -2.13. The van der Waals surface area contributed by atoms with E-state index in [4.69, 9.17) is 4.98 Å². The van der Waals surface area contributed by atoms with E-state index < -0.39 is 6.10 Å². The summed E-state index contributed by atoms with van der Waals surface area (Å²) < 4.78 is 0. The average molecular weight is 428 g/mol. The Kier molecular flexibility index (Phi) is 5.28. The summed E-state index contributed by atoms with van der Waals surface area (Å²) in [6.45, 7) is 1.95. The van der Waals surface area contributed by atoms with Gasteiger partial charge in [-0.25, -0.2) is 9.97 Å². The Bertz CT molecular complexity index is 1280. The number of fused-ring (bicyclic) bond motifs is 1. The molecule has 2 aromatic heterocycles. The van der Waals surface area contributed by atoms with Crippen LogP contribution >= 0.6 is 0 Å². The number of carbonyl (C=O) groups is 1. The molecule has 1 atom stereocenters. The van der Waals surface area contributed by atoms with E-state index in [0.29, 0.717) is 17.2 Å². The molecule has 8 heteroatoms. The number of nitrogens with one attached hydrogen (secondary N) is 3. The van der Waals surface area contributed by atoms with Crippen molar-refractivity contribution in [3.05, 3.63) is 66.0 Å². The number of aromatic amines is 1. The maximum atomic E-state index is 12.0. The topological polar surface area (TPSA) is 116 Å². The lowest BCUT2D eigenvalue weighted by Crippen LogP contribution is -2.26. The molecule has 1 amide bonds. The lowest BCUT2D eigenvalue weighted by molar-refractivity contribution is -0.123. The number of carbonyl (C=O) groups excluding carboxylic acids is 1. The van der Waals surface area contributed by atoms with E-state index in [-0.39, 0.29) is 18.4 Å². The second-order valence-electron chi connectivity index (χ2n) is 8.21. The maximum absolute atomic E-state index is 12.0. The number of rotatable bonds is 7. The normalized spacial score (nSPS) is 14.3. The van der Waals surface area contributed by atoms with Crippen molar-refractivity contribution in [1.82, 2.24) is 25.5 Å². The number of nitrogens with zero attached hydrogens (tertiary/aromatic N) is 3. The molecule has 8 nitrogen and oxygen atoms in total. The number of anilines is 2. The molecule has 0 radical (unpaired) electrons. The molecule has 0 aliphatic heterocycles. The van der Waals surface area contributed by atoms with Crippen molar-refractivity contribution in [3.8, 4) is 11.4 Å². The Morgan fingerprint density at radius 1 is 1.22 bits per heavy atom. The van der Waals surface area contributed by atoms with Gasteiger partial charge in [-0.2, -0.15) is 5.10 Å². The fourth-order valence-electron chi connectivity index (χ4n) is 3.56. The van der Waals surface area contributed by atoms with Crippen LogP contribution in [0.15, 0.2) is 54.9 Å². The highest BCUT2D eigenvalue weighted by Crippen LogP contribution is 2.27. The molecule has 5 rings (SSSR count). The minimum absolute atomic E-state index is 0.0397. The average Bonchev–Trinajstić information content (AvgIpc) is 3.48. The predicted molar refractivity (Wildman–Crippen MR) is 122 cm³/mol. The Morgan fingerprint density at radius 3 is 2.94 bits per heavy atom. The fraction of sp³-hybridized carbons (Fsp3) is 0.250. The number of aromatic nitrogens is 4. The molecule has 1 unspecified atom stereocenters. The first-order chi connectivity index (χ1) is 15.5. The molecule has 0 spiro atoms. The first-order valence-corrected chi connectivity index (χ1v) is 10.7. The molecule has 1 aliphatic carbocycles. The first-order valence-electron chi connectivity index (χ1n) is 10.7. The van der Waals surface area contributed by atoms with Gasteiger partial charge in [0.2, 0.25) is 5.91 Å². The van der Waals surface area contributed by atoms with Crippen molar-refractivity contribution in [2.24, 2.45) is 0 Å². The zero-order valence-electron chi connectivity index (χ0n) is 17.7. The van der Waals surface area contributed by atoms with Crippen LogP contribution in [0.1, 0.15) is 36.5 Å². The number of H-pyrrole nitrogens is 1. The molecule has 32 heavy (non-hydrogen) atoms. The molecule has 1 aliphatic rings. The van der Waals surface area contributed by atoms with E-state index in [0.717, 1.165) is 40.6 Å². The molecule has 162 valence electrons. The Labute approximate surface area is 185 Å². The summed E-state index contributed by atoms with van der Waals surface area (Å²) >= 11 is 0. The van der Waals surface area contributed by atoms with Crippen LogP contribution in [0.4, 0.5) is 11.5 Å². The number of aliphatic hydroxyl groups excluding tert-OH is 1. The molecule has 0 saturated heterocycles. The summed E-state index contributed by atoms with van der Waals surface area (Å²) in [5.74, 6) is 1.12. The van der Waals surface area contributed by atoms with Crippen molar-refractivity contribution in [3.63, 3.8) is 0 Å². The third-order valence-electron chi connectivity index (χ3n) is 5.53. The minimum Gasteiger partial charge on any atom is -0.388 e. The first kappa shape index (κ1) is 20.1. The van der Waals surface area contributed by atoms with Gasteiger partial charge in [-0.3, -0.25) is 9.89 Å². The van der Waals surface area contributed by atoms with E-state index in [1.165, 1.54) is 0 Å². The van der Waals surface area contributed by atoms with Gasteiger partial charge >= 0.3 is 0 Å². The quantitative estimate of drug-likeness (QED) is 0.356. The summed E-state index contributed by atoms with van der Waals surface area (Å²) in [5, 5.41) is 24.8. The van der Waals surface area contributed by atoms with E-state index in [9.17, 15) is 9.90 Å². The van der Waals surface area contributed by atoms with Gasteiger partial charge in [0.15, 0.2) is 5.82 Å². The molecule has 1 saturated carbocycles. The SMILES string of the molecule is Cc1cnc(-c2cccc(C(O)CC(=O)NC3CC3)c2)nc1Nc1ccc2[nH]ncc2c1.